The van der Waals surface area contributed by atoms with E-state index in [1.807, 2.05) is 24.3 Å². The topological polar surface area (TPSA) is 64.3 Å². The van der Waals surface area contributed by atoms with Crippen LogP contribution < -0.4 is 15.8 Å². The Bertz CT molecular complexity index is 951. The highest BCUT2D eigenvalue weighted by atomic mass is 32.2. The summed E-state index contributed by atoms with van der Waals surface area (Å²) in [4.78, 5) is 14.7. The molecule has 0 radical (unpaired) electrons. The molecule has 138 valence electrons. The minimum atomic E-state index is -0.207. The maximum atomic E-state index is 12.7. The fourth-order valence-corrected chi connectivity index (χ4v) is 4.02. The molecular formula is C22H22N2O2S. The zero-order chi connectivity index (χ0) is 19.4. The predicted molar refractivity (Wildman–Crippen MR) is 112 cm³/mol. The van der Waals surface area contributed by atoms with Crippen molar-refractivity contribution in [1.29, 1.82) is 0 Å². The molecule has 3 N–H and O–H groups in total. The molecule has 5 heteroatoms. The van der Waals surface area contributed by atoms with Crippen molar-refractivity contribution in [1.82, 2.24) is 0 Å². The third kappa shape index (κ3) is 4.44. The number of hydrogen-bond acceptors (Lipinski definition) is 4. The average molecular weight is 378 g/mol. The predicted octanol–water partition coefficient (Wildman–Crippen LogP) is 5.30. The second kappa shape index (κ2) is 8.18. The lowest BCUT2D eigenvalue weighted by Gasteiger charge is -2.17. The molecule has 0 saturated heterocycles. The number of amides is 1. The molecule has 3 aromatic rings. The molecule has 0 atom stereocenters. The van der Waals surface area contributed by atoms with Crippen molar-refractivity contribution >= 4 is 29.0 Å². The molecule has 3 rings (SSSR count). The van der Waals surface area contributed by atoms with Crippen LogP contribution >= 0.6 is 11.8 Å². The van der Waals surface area contributed by atoms with Crippen LogP contribution in [0.2, 0.25) is 0 Å². The van der Waals surface area contributed by atoms with Gasteiger partial charge in [0.25, 0.3) is 5.91 Å². The Kier molecular flexibility index (Phi) is 5.72. The number of nitrogen functional groups attached to an aromatic ring is 1. The summed E-state index contributed by atoms with van der Waals surface area (Å²) in [7, 11) is 1.55. The van der Waals surface area contributed by atoms with Gasteiger partial charge >= 0.3 is 0 Å². The first-order chi connectivity index (χ1) is 13.0. The number of ether oxygens (including phenoxy) is 1. The number of carbonyl (C=O) groups excluding carboxylic acids is 1. The van der Waals surface area contributed by atoms with Crippen molar-refractivity contribution in [2.75, 3.05) is 18.2 Å². The fraction of sp³-hybridized carbons (Fsp3) is 0.136. The van der Waals surface area contributed by atoms with Gasteiger partial charge in [-0.15, -0.1) is 0 Å². The van der Waals surface area contributed by atoms with Crippen molar-refractivity contribution in [3.8, 4) is 5.75 Å². The van der Waals surface area contributed by atoms with E-state index in [0.717, 1.165) is 9.79 Å². The Morgan fingerprint density at radius 1 is 1.00 bits per heavy atom. The van der Waals surface area contributed by atoms with Crippen molar-refractivity contribution in [3.05, 3.63) is 77.4 Å². The third-order valence-electron chi connectivity index (χ3n) is 4.05. The summed E-state index contributed by atoms with van der Waals surface area (Å²) in [6, 6.07) is 19.1. The quantitative estimate of drug-likeness (QED) is 0.592. The number of hydrogen-bond donors (Lipinski definition) is 2. The Balaban J connectivity index is 2.00. The van der Waals surface area contributed by atoms with Crippen LogP contribution in [0.3, 0.4) is 0 Å². The molecule has 3 aromatic carbocycles. The van der Waals surface area contributed by atoms with Crippen LogP contribution in [-0.4, -0.2) is 13.0 Å². The fourth-order valence-electron chi connectivity index (χ4n) is 2.90. The largest absolute Gasteiger partial charge is 0.492 e. The monoisotopic (exact) mass is 378 g/mol. The van der Waals surface area contributed by atoms with Gasteiger partial charge in [0.05, 0.1) is 18.5 Å². The van der Waals surface area contributed by atoms with Crippen molar-refractivity contribution in [2.24, 2.45) is 0 Å². The molecule has 0 aliphatic carbocycles. The minimum absolute atomic E-state index is 0.207. The first-order valence-corrected chi connectivity index (χ1v) is 9.38. The van der Waals surface area contributed by atoms with Gasteiger partial charge in [-0.05, 0) is 61.4 Å². The van der Waals surface area contributed by atoms with Gasteiger partial charge in [0.1, 0.15) is 0 Å². The van der Waals surface area contributed by atoms with E-state index in [-0.39, 0.29) is 5.91 Å². The van der Waals surface area contributed by atoms with E-state index in [4.69, 9.17) is 10.5 Å². The molecule has 1 amide bonds. The van der Waals surface area contributed by atoms with Crippen LogP contribution in [-0.2, 0) is 0 Å². The van der Waals surface area contributed by atoms with Gasteiger partial charge in [-0.25, -0.2) is 0 Å². The van der Waals surface area contributed by atoms with Crippen LogP contribution in [0.15, 0.2) is 70.5 Å². The average Bonchev–Trinajstić information content (AvgIpc) is 2.64. The highest BCUT2D eigenvalue weighted by Crippen LogP contribution is 2.42. The maximum Gasteiger partial charge on any atom is 0.255 e. The standard InChI is InChI=1S/C22H22N2O2S/c1-14-11-15(2)13-17(12-14)27-19-10-9-18(23)21(26-3)20(19)24-22(25)16-7-5-4-6-8-16/h4-13H,23H2,1-3H3,(H,24,25). The van der Waals surface area contributed by atoms with Gasteiger partial charge in [0.2, 0.25) is 0 Å². The molecule has 0 aliphatic heterocycles. The second-order valence-corrected chi connectivity index (χ2v) is 7.42. The van der Waals surface area contributed by atoms with E-state index in [9.17, 15) is 4.79 Å². The number of rotatable bonds is 5. The Morgan fingerprint density at radius 2 is 1.67 bits per heavy atom. The smallest absolute Gasteiger partial charge is 0.255 e. The van der Waals surface area contributed by atoms with E-state index < -0.39 is 0 Å². The summed E-state index contributed by atoms with van der Waals surface area (Å²) in [6.07, 6.45) is 0. The van der Waals surface area contributed by atoms with E-state index in [1.54, 1.807) is 37.1 Å². The molecule has 0 aromatic heterocycles. The summed E-state index contributed by atoms with van der Waals surface area (Å²) in [6.45, 7) is 4.14. The van der Waals surface area contributed by atoms with Crippen molar-refractivity contribution < 1.29 is 9.53 Å². The molecule has 4 nitrogen and oxygen atoms in total. The number of nitrogens with two attached hydrogens (primary N) is 1. The number of aryl methyl sites for hydroxylation is 2. The molecule has 0 unspecified atom stereocenters. The third-order valence-corrected chi connectivity index (χ3v) is 5.08. The van der Waals surface area contributed by atoms with Gasteiger partial charge in [0, 0.05) is 15.4 Å². The van der Waals surface area contributed by atoms with Crippen LogP contribution in [0.5, 0.6) is 5.75 Å². The highest BCUT2D eigenvalue weighted by Gasteiger charge is 2.17. The summed E-state index contributed by atoms with van der Waals surface area (Å²) in [5.74, 6) is 0.260. The molecule has 0 saturated carbocycles. The zero-order valence-corrected chi connectivity index (χ0v) is 16.4. The molecule has 27 heavy (non-hydrogen) atoms. The summed E-state index contributed by atoms with van der Waals surface area (Å²) in [5.41, 5.74) is 10.1. The highest BCUT2D eigenvalue weighted by molar-refractivity contribution is 7.99. The second-order valence-electron chi connectivity index (χ2n) is 6.31. The lowest BCUT2D eigenvalue weighted by molar-refractivity contribution is 0.102. The van der Waals surface area contributed by atoms with Crippen LogP contribution in [0, 0.1) is 13.8 Å². The number of methoxy groups -OCH3 is 1. The number of benzene rings is 3. The minimum Gasteiger partial charge on any atom is -0.492 e. The zero-order valence-electron chi connectivity index (χ0n) is 15.6. The van der Waals surface area contributed by atoms with E-state index in [2.05, 4.69) is 37.4 Å². The molecule has 0 fully saturated rings. The molecular weight excluding hydrogens is 356 g/mol. The lowest BCUT2D eigenvalue weighted by atomic mass is 10.2. The molecule has 0 spiro atoms. The SMILES string of the molecule is COc1c(N)ccc(Sc2cc(C)cc(C)c2)c1NC(=O)c1ccccc1. The first kappa shape index (κ1) is 18.9. The van der Waals surface area contributed by atoms with Crippen LogP contribution in [0.1, 0.15) is 21.5 Å². The van der Waals surface area contributed by atoms with Crippen LogP contribution in [0.25, 0.3) is 0 Å². The maximum absolute atomic E-state index is 12.7. The molecule has 0 aliphatic rings. The Labute approximate surface area is 163 Å². The normalized spacial score (nSPS) is 10.5. The Hall–Kier alpha value is -2.92. The first-order valence-electron chi connectivity index (χ1n) is 8.57. The lowest BCUT2D eigenvalue weighted by Crippen LogP contribution is -2.14. The van der Waals surface area contributed by atoms with Gasteiger partial charge in [-0.1, -0.05) is 36.0 Å². The van der Waals surface area contributed by atoms with Gasteiger partial charge in [-0.3, -0.25) is 4.79 Å². The number of carbonyl (C=O) groups is 1. The van der Waals surface area contributed by atoms with Crippen molar-refractivity contribution in [3.63, 3.8) is 0 Å². The van der Waals surface area contributed by atoms with Crippen molar-refractivity contribution in [2.45, 2.75) is 23.6 Å². The van der Waals surface area contributed by atoms with E-state index in [0.29, 0.717) is 22.7 Å². The van der Waals surface area contributed by atoms with Gasteiger partial charge < -0.3 is 15.8 Å². The van der Waals surface area contributed by atoms with Gasteiger partial charge in [-0.2, -0.15) is 0 Å². The van der Waals surface area contributed by atoms with Gasteiger partial charge in [0.15, 0.2) is 5.75 Å². The molecule has 0 heterocycles. The summed E-state index contributed by atoms with van der Waals surface area (Å²) < 4.78 is 5.49. The van der Waals surface area contributed by atoms with E-state index >= 15 is 0 Å². The summed E-state index contributed by atoms with van der Waals surface area (Å²) >= 11 is 1.57. The number of anilines is 2. The molecule has 0 bridgehead atoms. The Morgan fingerprint density at radius 3 is 2.30 bits per heavy atom. The van der Waals surface area contributed by atoms with Crippen LogP contribution in [0.4, 0.5) is 11.4 Å². The van der Waals surface area contributed by atoms with E-state index in [1.165, 1.54) is 11.1 Å². The summed E-state index contributed by atoms with van der Waals surface area (Å²) in [5, 5.41) is 2.97. The number of nitrogens with one attached hydrogen (secondary N) is 1.